The molecule has 0 aliphatic carbocycles. The van der Waals surface area contributed by atoms with Crippen LogP contribution in [0.2, 0.25) is 0 Å². The molecule has 1 saturated heterocycles. The second kappa shape index (κ2) is 12.9. The summed E-state index contributed by atoms with van der Waals surface area (Å²) in [4.78, 5) is -1.85. The molecule has 0 bridgehead atoms. The SMILES string of the molecule is [O-]OOSc1c(F)c(F)c(SCCCCCCOC2CCCCO2)c(F)c1F. The molecule has 1 atom stereocenters. The van der Waals surface area contributed by atoms with Gasteiger partial charge in [-0.15, -0.1) is 11.8 Å². The van der Waals surface area contributed by atoms with Crippen LogP contribution < -0.4 is 5.26 Å². The summed E-state index contributed by atoms with van der Waals surface area (Å²) in [6.07, 6.45) is 6.08. The highest BCUT2D eigenvalue weighted by Gasteiger charge is 2.26. The predicted octanol–water partition coefficient (Wildman–Crippen LogP) is 4.67. The van der Waals surface area contributed by atoms with Crippen LogP contribution in [0, 0.1) is 23.3 Å². The zero-order chi connectivity index (χ0) is 20.4. The van der Waals surface area contributed by atoms with E-state index in [1.54, 1.807) is 0 Å². The van der Waals surface area contributed by atoms with E-state index in [9.17, 15) is 22.8 Å². The number of rotatable bonds is 12. The van der Waals surface area contributed by atoms with Gasteiger partial charge in [-0.05, 0) is 37.9 Å². The van der Waals surface area contributed by atoms with Crippen molar-refractivity contribution in [2.24, 2.45) is 0 Å². The summed E-state index contributed by atoms with van der Waals surface area (Å²) in [5, 5.41) is 12.7. The van der Waals surface area contributed by atoms with E-state index >= 15 is 0 Å². The van der Waals surface area contributed by atoms with Crippen LogP contribution in [0.15, 0.2) is 9.79 Å². The van der Waals surface area contributed by atoms with Gasteiger partial charge in [0.2, 0.25) is 0 Å². The van der Waals surface area contributed by atoms with Gasteiger partial charge in [0.1, 0.15) is 4.90 Å². The predicted molar refractivity (Wildman–Crippen MR) is 93.0 cm³/mol. The highest BCUT2D eigenvalue weighted by atomic mass is 32.2. The monoisotopic (exact) mass is 445 g/mol. The van der Waals surface area contributed by atoms with Crippen LogP contribution in [0.5, 0.6) is 0 Å². The van der Waals surface area contributed by atoms with E-state index in [0.29, 0.717) is 30.5 Å². The first-order chi connectivity index (χ1) is 13.6. The summed E-state index contributed by atoms with van der Waals surface area (Å²) in [6, 6.07) is 0. The number of hydrogen-bond donors (Lipinski definition) is 0. The zero-order valence-corrected chi connectivity index (χ0v) is 16.7. The second-order valence-electron chi connectivity index (χ2n) is 6.06. The van der Waals surface area contributed by atoms with Crippen molar-refractivity contribution in [2.45, 2.75) is 61.0 Å². The van der Waals surface area contributed by atoms with Crippen LogP contribution in [-0.2, 0) is 18.8 Å². The Hall–Kier alpha value is -0.560. The highest BCUT2D eigenvalue weighted by Crippen LogP contribution is 2.36. The van der Waals surface area contributed by atoms with E-state index in [-0.39, 0.29) is 18.3 Å². The first-order valence-corrected chi connectivity index (χ1v) is 10.6. The smallest absolute Gasteiger partial charge is 0.179 e. The summed E-state index contributed by atoms with van der Waals surface area (Å²) in [5.74, 6) is -6.02. The van der Waals surface area contributed by atoms with Crippen LogP contribution in [0.1, 0.15) is 44.9 Å². The van der Waals surface area contributed by atoms with E-state index in [1.807, 2.05) is 0 Å². The maximum absolute atomic E-state index is 14.0. The molecule has 2 rings (SSSR count). The Morgan fingerprint density at radius 1 is 0.929 bits per heavy atom. The van der Waals surface area contributed by atoms with Gasteiger partial charge in [-0.3, -0.25) is 5.04 Å². The maximum Gasteiger partial charge on any atom is 0.179 e. The Kier molecular flexibility index (Phi) is 10.9. The van der Waals surface area contributed by atoms with Crippen LogP contribution in [0.4, 0.5) is 17.6 Å². The molecule has 1 unspecified atom stereocenters. The van der Waals surface area contributed by atoms with E-state index in [2.05, 4.69) is 9.37 Å². The minimum Gasteiger partial charge on any atom is -0.691 e. The first kappa shape index (κ1) is 23.7. The molecule has 0 aromatic heterocycles. The molecule has 1 aromatic carbocycles. The third-order valence-electron chi connectivity index (χ3n) is 4.05. The molecule has 5 nitrogen and oxygen atoms in total. The lowest BCUT2D eigenvalue weighted by Crippen LogP contribution is -2.22. The highest BCUT2D eigenvalue weighted by molar-refractivity contribution is 7.99. The van der Waals surface area contributed by atoms with Gasteiger partial charge in [0.05, 0.1) is 16.9 Å². The molecule has 0 N–H and O–H groups in total. The van der Waals surface area contributed by atoms with Crippen molar-refractivity contribution < 1.29 is 41.7 Å². The lowest BCUT2D eigenvalue weighted by atomic mass is 10.2. The van der Waals surface area contributed by atoms with Gasteiger partial charge in [0.15, 0.2) is 29.6 Å². The molecule has 28 heavy (non-hydrogen) atoms. The van der Waals surface area contributed by atoms with Gasteiger partial charge < -0.3 is 14.7 Å². The maximum atomic E-state index is 14.0. The third-order valence-corrected chi connectivity index (χ3v) is 5.84. The molecule has 0 spiro atoms. The minimum atomic E-state index is -1.63. The largest absolute Gasteiger partial charge is 0.691 e. The van der Waals surface area contributed by atoms with Crippen molar-refractivity contribution in [1.29, 1.82) is 0 Å². The molecule has 11 heteroatoms. The lowest BCUT2D eigenvalue weighted by Gasteiger charge is -2.22. The van der Waals surface area contributed by atoms with Crippen LogP contribution >= 0.6 is 23.8 Å². The molecular weight excluding hydrogens is 424 g/mol. The molecule has 0 amide bonds. The van der Waals surface area contributed by atoms with Gasteiger partial charge in [-0.25, -0.2) is 17.6 Å². The summed E-state index contributed by atoms with van der Waals surface area (Å²) in [7, 11) is 0. The van der Waals surface area contributed by atoms with Crippen molar-refractivity contribution >= 4 is 23.8 Å². The number of benzene rings is 1. The topological polar surface area (TPSA) is 60.0 Å². The van der Waals surface area contributed by atoms with Crippen molar-refractivity contribution in [2.75, 3.05) is 19.0 Å². The van der Waals surface area contributed by atoms with Gasteiger partial charge in [0.25, 0.3) is 0 Å². The fourth-order valence-corrected chi connectivity index (χ4v) is 4.04. The van der Waals surface area contributed by atoms with E-state index < -0.39 is 33.1 Å². The number of unbranched alkanes of at least 4 members (excludes halogenated alkanes) is 3. The summed E-state index contributed by atoms with van der Waals surface area (Å²) in [5.41, 5.74) is 0. The van der Waals surface area contributed by atoms with Crippen molar-refractivity contribution in [3.63, 3.8) is 0 Å². The normalized spacial score (nSPS) is 17.2. The summed E-state index contributed by atoms with van der Waals surface area (Å²) in [6.45, 7) is 1.32. The Labute approximate surface area is 169 Å². The van der Waals surface area contributed by atoms with Gasteiger partial charge >= 0.3 is 0 Å². The van der Waals surface area contributed by atoms with Crippen molar-refractivity contribution in [1.82, 2.24) is 0 Å². The quantitative estimate of drug-likeness (QED) is 0.0881. The molecule has 1 aliphatic heterocycles. The molecular formula is C17H21F4O5S2-. The fourth-order valence-electron chi connectivity index (χ4n) is 2.63. The van der Waals surface area contributed by atoms with Crippen molar-refractivity contribution in [3.05, 3.63) is 23.3 Å². The van der Waals surface area contributed by atoms with Gasteiger partial charge in [0, 0.05) is 13.2 Å². The molecule has 1 heterocycles. The number of ether oxygens (including phenoxy) is 2. The van der Waals surface area contributed by atoms with Crippen LogP contribution in [0.25, 0.3) is 0 Å². The Balaban J connectivity index is 1.69. The van der Waals surface area contributed by atoms with E-state index in [0.717, 1.165) is 45.1 Å². The zero-order valence-electron chi connectivity index (χ0n) is 15.0. The average Bonchev–Trinajstić information content (AvgIpc) is 2.71. The van der Waals surface area contributed by atoms with Gasteiger partial charge in [-0.1, -0.05) is 12.8 Å². The second-order valence-corrected chi connectivity index (χ2v) is 7.88. The Morgan fingerprint density at radius 3 is 2.25 bits per heavy atom. The summed E-state index contributed by atoms with van der Waals surface area (Å²) < 4.78 is 70.4. The van der Waals surface area contributed by atoms with Gasteiger partial charge in [-0.2, -0.15) is 4.33 Å². The standard InChI is InChI=1S/C17H22F4O5S2/c18-12-14(20)17(28-26-25-22)15(21)13(19)16(12)27-10-6-2-1-4-8-23-11-7-3-5-9-24-11/h11,22H,1-10H2/p-1. The molecule has 1 aromatic rings. The molecule has 1 aliphatic rings. The average molecular weight is 445 g/mol. The number of thioether (sulfide) groups is 1. The first-order valence-electron chi connectivity index (χ1n) is 8.91. The fraction of sp³-hybridized carbons (Fsp3) is 0.647. The molecule has 0 radical (unpaired) electrons. The summed E-state index contributed by atoms with van der Waals surface area (Å²) >= 11 is 0.462. The molecule has 0 saturated carbocycles. The van der Waals surface area contributed by atoms with E-state index in [4.69, 9.17) is 9.47 Å². The molecule has 1 fully saturated rings. The molecule has 160 valence electrons. The van der Waals surface area contributed by atoms with Crippen LogP contribution in [0.3, 0.4) is 0 Å². The number of hydrogen-bond acceptors (Lipinski definition) is 7. The van der Waals surface area contributed by atoms with Crippen LogP contribution in [-0.4, -0.2) is 25.3 Å². The minimum absolute atomic E-state index is 0.119. The van der Waals surface area contributed by atoms with E-state index in [1.165, 1.54) is 0 Å². The lowest BCUT2D eigenvalue weighted by molar-refractivity contribution is -0.777. The Morgan fingerprint density at radius 2 is 1.61 bits per heavy atom. The van der Waals surface area contributed by atoms with Crippen molar-refractivity contribution in [3.8, 4) is 0 Å². The third kappa shape index (κ3) is 7.05. The Bertz CT molecular complexity index is 589. The number of halogens is 4.